The highest BCUT2D eigenvalue weighted by Crippen LogP contribution is 2.15. The lowest BCUT2D eigenvalue weighted by Crippen LogP contribution is -2.06. The number of carbonyl (C=O) groups is 1. The molecular weight excluding hydrogens is 267 g/mol. The van der Waals surface area contributed by atoms with Gasteiger partial charge in [-0.2, -0.15) is 5.10 Å². The van der Waals surface area contributed by atoms with Crippen LogP contribution < -0.4 is 0 Å². The fourth-order valence-corrected chi connectivity index (χ4v) is 2.15. The van der Waals surface area contributed by atoms with E-state index in [0.29, 0.717) is 11.3 Å². The van der Waals surface area contributed by atoms with Crippen LogP contribution in [-0.4, -0.2) is 15.6 Å². The molecule has 0 spiro atoms. The number of rotatable bonds is 3. The Balaban J connectivity index is 1.96. The summed E-state index contributed by atoms with van der Waals surface area (Å²) in [6, 6.07) is 15.3. The van der Waals surface area contributed by atoms with Gasteiger partial charge < -0.3 is 0 Å². The Morgan fingerprint density at radius 3 is 2.62 bits per heavy atom. The molecule has 21 heavy (non-hydrogen) atoms. The number of hydrogen-bond donors (Lipinski definition) is 0. The summed E-state index contributed by atoms with van der Waals surface area (Å²) in [7, 11) is 0. The molecular formula is C17H13FN2O. The lowest BCUT2D eigenvalue weighted by molar-refractivity contribution is 0.103. The molecule has 0 fully saturated rings. The average Bonchev–Trinajstić information content (AvgIpc) is 3.00. The van der Waals surface area contributed by atoms with Crippen molar-refractivity contribution in [2.24, 2.45) is 0 Å². The van der Waals surface area contributed by atoms with Gasteiger partial charge in [-0.1, -0.05) is 24.3 Å². The highest BCUT2D eigenvalue weighted by Gasteiger charge is 2.15. The number of nitrogens with zero attached hydrogens (tertiary/aromatic N) is 2. The van der Waals surface area contributed by atoms with Crippen molar-refractivity contribution in [3.8, 4) is 5.69 Å². The molecule has 0 radical (unpaired) electrons. The molecule has 1 aromatic heterocycles. The highest BCUT2D eigenvalue weighted by molar-refractivity contribution is 6.08. The van der Waals surface area contributed by atoms with E-state index < -0.39 is 5.82 Å². The molecule has 4 heteroatoms. The van der Waals surface area contributed by atoms with Gasteiger partial charge in [0.05, 0.1) is 5.69 Å². The van der Waals surface area contributed by atoms with Crippen LogP contribution in [0.15, 0.2) is 60.8 Å². The Kier molecular flexibility index (Phi) is 3.36. The number of carbonyl (C=O) groups excluding carboxylic acids is 1. The number of benzene rings is 2. The molecule has 2 aromatic carbocycles. The van der Waals surface area contributed by atoms with Crippen LogP contribution >= 0.6 is 0 Å². The zero-order valence-corrected chi connectivity index (χ0v) is 11.5. The van der Waals surface area contributed by atoms with Crippen molar-refractivity contribution in [3.63, 3.8) is 0 Å². The molecule has 0 atom stereocenters. The van der Waals surface area contributed by atoms with Crippen molar-refractivity contribution in [3.05, 3.63) is 83.4 Å². The first-order valence-corrected chi connectivity index (χ1v) is 6.57. The molecule has 1 heterocycles. The minimum absolute atomic E-state index is 0.276. The van der Waals surface area contributed by atoms with E-state index in [1.54, 1.807) is 29.9 Å². The lowest BCUT2D eigenvalue weighted by atomic mass is 10.0. The summed E-state index contributed by atoms with van der Waals surface area (Å²) in [4.78, 5) is 12.4. The van der Waals surface area contributed by atoms with E-state index in [2.05, 4.69) is 5.10 Å². The molecule has 0 unspecified atom stereocenters. The molecule has 104 valence electrons. The summed E-state index contributed by atoms with van der Waals surface area (Å²) in [5.74, 6) is -0.701. The number of aromatic nitrogens is 2. The van der Waals surface area contributed by atoms with Gasteiger partial charge >= 0.3 is 0 Å². The fraction of sp³-hybridized carbons (Fsp3) is 0.0588. The van der Waals surface area contributed by atoms with Crippen LogP contribution in [-0.2, 0) is 0 Å². The molecule has 0 aliphatic rings. The smallest absolute Gasteiger partial charge is 0.213 e. The van der Waals surface area contributed by atoms with E-state index >= 15 is 0 Å². The standard InChI is InChI=1S/C17H13FN2O/c1-12-7-8-13(18)11-15(12)17(21)16-9-10-20(19-16)14-5-3-2-4-6-14/h2-11H,1H3. The molecule has 3 nitrogen and oxygen atoms in total. The van der Waals surface area contributed by atoms with Gasteiger partial charge in [-0.25, -0.2) is 9.07 Å². The zero-order valence-electron chi connectivity index (χ0n) is 11.5. The SMILES string of the molecule is Cc1ccc(F)cc1C(=O)c1ccn(-c2ccccc2)n1. The topological polar surface area (TPSA) is 34.9 Å². The Morgan fingerprint density at radius 1 is 1.10 bits per heavy atom. The second kappa shape index (κ2) is 5.32. The average molecular weight is 280 g/mol. The summed E-state index contributed by atoms with van der Waals surface area (Å²) in [6.45, 7) is 1.78. The van der Waals surface area contributed by atoms with E-state index in [-0.39, 0.29) is 5.78 Å². The zero-order chi connectivity index (χ0) is 14.8. The van der Waals surface area contributed by atoms with Crippen molar-refractivity contribution in [1.29, 1.82) is 0 Å². The Hall–Kier alpha value is -2.75. The maximum atomic E-state index is 13.3. The minimum atomic E-state index is -0.425. The first kappa shape index (κ1) is 13.2. The molecule has 0 saturated carbocycles. The summed E-state index contributed by atoms with van der Waals surface area (Å²) in [6.07, 6.45) is 1.72. The minimum Gasteiger partial charge on any atom is -0.287 e. The van der Waals surface area contributed by atoms with E-state index in [0.717, 1.165) is 11.3 Å². The molecule has 0 bridgehead atoms. The van der Waals surface area contributed by atoms with Gasteiger partial charge in [0, 0.05) is 11.8 Å². The largest absolute Gasteiger partial charge is 0.287 e. The van der Waals surface area contributed by atoms with Crippen molar-refractivity contribution >= 4 is 5.78 Å². The van der Waals surface area contributed by atoms with Crippen LogP contribution in [0.4, 0.5) is 4.39 Å². The van der Waals surface area contributed by atoms with Crippen molar-refractivity contribution in [2.75, 3.05) is 0 Å². The van der Waals surface area contributed by atoms with Gasteiger partial charge in [-0.05, 0) is 42.8 Å². The van der Waals surface area contributed by atoms with E-state index in [9.17, 15) is 9.18 Å². The van der Waals surface area contributed by atoms with Crippen LogP contribution in [0, 0.1) is 12.7 Å². The Labute approximate surface area is 121 Å². The lowest BCUT2D eigenvalue weighted by Gasteiger charge is -2.03. The third kappa shape index (κ3) is 2.60. The van der Waals surface area contributed by atoms with Gasteiger partial charge in [-0.15, -0.1) is 0 Å². The molecule has 0 saturated heterocycles. The third-order valence-corrected chi connectivity index (χ3v) is 3.29. The van der Waals surface area contributed by atoms with Crippen molar-refractivity contribution in [2.45, 2.75) is 6.92 Å². The summed E-state index contributed by atoms with van der Waals surface area (Å²) in [5.41, 5.74) is 2.24. The number of ketones is 1. The highest BCUT2D eigenvalue weighted by atomic mass is 19.1. The molecule has 0 aliphatic heterocycles. The molecule has 3 rings (SSSR count). The number of aryl methyl sites for hydroxylation is 1. The normalized spacial score (nSPS) is 10.6. The van der Waals surface area contributed by atoms with Gasteiger partial charge in [0.15, 0.2) is 0 Å². The second-order valence-corrected chi connectivity index (χ2v) is 4.77. The van der Waals surface area contributed by atoms with Crippen LogP contribution in [0.3, 0.4) is 0 Å². The maximum absolute atomic E-state index is 13.3. The number of halogens is 1. The monoisotopic (exact) mass is 280 g/mol. The molecule has 0 N–H and O–H groups in total. The molecule has 3 aromatic rings. The van der Waals surface area contributed by atoms with Gasteiger partial charge in [0.2, 0.25) is 5.78 Å². The summed E-state index contributed by atoms with van der Waals surface area (Å²) in [5, 5.41) is 4.27. The van der Waals surface area contributed by atoms with Gasteiger partial charge in [0.25, 0.3) is 0 Å². The second-order valence-electron chi connectivity index (χ2n) is 4.77. The maximum Gasteiger partial charge on any atom is 0.213 e. The van der Waals surface area contributed by atoms with Gasteiger partial charge in [0.1, 0.15) is 11.5 Å². The van der Waals surface area contributed by atoms with Crippen molar-refractivity contribution < 1.29 is 9.18 Å². The van der Waals surface area contributed by atoms with Crippen LogP contribution in [0.5, 0.6) is 0 Å². The van der Waals surface area contributed by atoms with E-state index in [1.807, 2.05) is 30.3 Å². The molecule has 0 aliphatic carbocycles. The van der Waals surface area contributed by atoms with E-state index in [1.165, 1.54) is 12.1 Å². The van der Waals surface area contributed by atoms with Crippen LogP contribution in [0.25, 0.3) is 5.69 Å². The van der Waals surface area contributed by atoms with Crippen molar-refractivity contribution in [1.82, 2.24) is 9.78 Å². The quantitative estimate of drug-likeness (QED) is 0.688. The van der Waals surface area contributed by atoms with Gasteiger partial charge in [-0.3, -0.25) is 4.79 Å². The predicted octanol–water partition coefficient (Wildman–Crippen LogP) is 3.55. The first-order valence-electron chi connectivity index (χ1n) is 6.57. The van der Waals surface area contributed by atoms with Crippen LogP contribution in [0.2, 0.25) is 0 Å². The van der Waals surface area contributed by atoms with Crippen LogP contribution in [0.1, 0.15) is 21.6 Å². The third-order valence-electron chi connectivity index (χ3n) is 3.29. The predicted molar refractivity (Wildman–Crippen MR) is 78.1 cm³/mol. The summed E-state index contributed by atoms with van der Waals surface area (Å²) < 4.78 is 14.9. The number of para-hydroxylation sites is 1. The van der Waals surface area contributed by atoms with E-state index in [4.69, 9.17) is 0 Å². The summed E-state index contributed by atoms with van der Waals surface area (Å²) >= 11 is 0. The number of hydrogen-bond acceptors (Lipinski definition) is 2. The Morgan fingerprint density at radius 2 is 1.86 bits per heavy atom. The first-order chi connectivity index (χ1) is 10.1. The Bertz CT molecular complexity index is 794. The fourth-order valence-electron chi connectivity index (χ4n) is 2.15. The molecule has 0 amide bonds.